The molecule has 150 valence electrons. The molecule has 1 aliphatic heterocycles. The minimum atomic E-state index is -0.0126. The number of guanidine groups is 1. The van der Waals surface area contributed by atoms with Gasteiger partial charge in [-0.25, -0.2) is 4.98 Å². The SMILES string of the molecule is CN=C(NCCCN1C(=O)COc2ccccc21)NCc1csc(N(C)C)n1. The van der Waals surface area contributed by atoms with Gasteiger partial charge < -0.3 is 25.2 Å². The maximum Gasteiger partial charge on any atom is 0.265 e. The number of rotatable bonds is 7. The number of aliphatic imine (C=N–C) groups is 1. The zero-order valence-corrected chi connectivity index (χ0v) is 17.3. The molecule has 1 aliphatic rings. The quantitative estimate of drug-likeness (QED) is 0.417. The lowest BCUT2D eigenvalue weighted by molar-refractivity contribution is -0.121. The van der Waals surface area contributed by atoms with Crippen molar-refractivity contribution in [2.45, 2.75) is 13.0 Å². The largest absolute Gasteiger partial charge is 0.482 e. The minimum Gasteiger partial charge on any atom is -0.482 e. The Bertz CT molecular complexity index is 835. The van der Waals surface area contributed by atoms with E-state index < -0.39 is 0 Å². The molecule has 9 heteroatoms. The van der Waals surface area contributed by atoms with Crippen LogP contribution in [0.25, 0.3) is 0 Å². The smallest absolute Gasteiger partial charge is 0.265 e. The van der Waals surface area contributed by atoms with Gasteiger partial charge >= 0.3 is 0 Å². The van der Waals surface area contributed by atoms with Crippen molar-refractivity contribution < 1.29 is 9.53 Å². The molecule has 0 spiro atoms. The fourth-order valence-corrected chi connectivity index (χ4v) is 3.58. The molecule has 8 nitrogen and oxygen atoms in total. The molecule has 1 aromatic carbocycles. The number of para-hydroxylation sites is 2. The van der Waals surface area contributed by atoms with Crippen molar-refractivity contribution >= 4 is 34.0 Å². The number of anilines is 2. The van der Waals surface area contributed by atoms with Crippen molar-refractivity contribution in [2.75, 3.05) is 50.6 Å². The molecule has 2 aromatic rings. The van der Waals surface area contributed by atoms with E-state index in [1.54, 1.807) is 23.3 Å². The summed E-state index contributed by atoms with van der Waals surface area (Å²) < 4.78 is 5.47. The zero-order valence-electron chi connectivity index (χ0n) is 16.4. The number of thiazole rings is 1. The predicted octanol–water partition coefficient (Wildman–Crippen LogP) is 1.69. The molecule has 0 aliphatic carbocycles. The zero-order chi connectivity index (χ0) is 19.9. The fourth-order valence-electron chi connectivity index (χ4n) is 2.82. The summed E-state index contributed by atoms with van der Waals surface area (Å²) in [7, 11) is 5.70. The van der Waals surface area contributed by atoms with Crippen molar-refractivity contribution in [3.05, 3.63) is 35.3 Å². The Hall–Kier alpha value is -2.81. The number of nitrogens with one attached hydrogen (secondary N) is 2. The molecular formula is C19H26N6O2S. The molecule has 0 fully saturated rings. The summed E-state index contributed by atoms with van der Waals surface area (Å²) in [6.45, 7) is 2.03. The van der Waals surface area contributed by atoms with Crippen LogP contribution in [-0.2, 0) is 11.3 Å². The first-order valence-corrected chi connectivity index (χ1v) is 10.0. The monoisotopic (exact) mass is 402 g/mol. The Morgan fingerprint density at radius 1 is 1.36 bits per heavy atom. The number of benzene rings is 1. The van der Waals surface area contributed by atoms with Crippen molar-refractivity contribution in [3.63, 3.8) is 0 Å². The Kier molecular flexibility index (Phi) is 6.70. The van der Waals surface area contributed by atoms with Gasteiger partial charge in [-0.1, -0.05) is 12.1 Å². The van der Waals surface area contributed by atoms with Crippen molar-refractivity contribution in [2.24, 2.45) is 4.99 Å². The third-order valence-corrected chi connectivity index (χ3v) is 5.30. The van der Waals surface area contributed by atoms with Crippen LogP contribution in [0.3, 0.4) is 0 Å². The van der Waals surface area contributed by atoms with Gasteiger partial charge in [0.25, 0.3) is 5.91 Å². The Morgan fingerprint density at radius 2 is 2.18 bits per heavy atom. The van der Waals surface area contributed by atoms with Gasteiger partial charge in [-0.05, 0) is 18.6 Å². The molecule has 3 rings (SSSR count). The van der Waals surface area contributed by atoms with Crippen molar-refractivity contribution in [3.8, 4) is 5.75 Å². The van der Waals surface area contributed by atoms with Crippen LogP contribution in [0.5, 0.6) is 5.75 Å². The highest BCUT2D eigenvalue weighted by Gasteiger charge is 2.24. The first-order chi connectivity index (χ1) is 13.6. The first-order valence-electron chi connectivity index (χ1n) is 9.17. The number of aromatic nitrogens is 1. The minimum absolute atomic E-state index is 0.0126. The summed E-state index contributed by atoms with van der Waals surface area (Å²) in [5.74, 6) is 1.46. The molecule has 0 saturated heterocycles. The van der Waals surface area contributed by atoms with Crippen LogP contribution in [0.2, 0.25) is 0 Å². The van der Waals surface area contributed by atoms with Gasteiger partial charge in [0.2, 0.25) is 0 Å². The van der Waals surface area contributed by atoms with E-state index >= 15 is 0 Å². The Labute approximate surface area is 169 Å². The van der Waals surface area contributed by atoms with Crippen LogP contribution in [0, 0.1) is 0 Å². The normalized spacial score (nSPS) is 13.8. The summed E-state index contributed by atoms with van der Waals surface area (Å²) in [6.07, 6.45) is 0.794. The molecule has 28 heavy (non-hydrogen) atoms. The molecule has 2 N–H and O–H groups in total. The lowest BCUT2D eigenvalue weighted by Gasteiger charge is -2.29. The lowest BCUT2D eigenvalue weighted by Crippen LogP contribution is -2.42. The van der Waals surface area contributed by atoms with Gasteiger partial charge in [0.05, 0.1) is 17.9 Å². The van der Waals surface area contributed by atoms with Gasteiger partial charge in [-0.2, -0.15) is 0 Å². The highest BCUT2D eigenvalue weighted by Crippen LogP contribution is 2.31. The van der Waals surface area contributed by atoms with Crippen LogP contribution in [0.4, 0.5) is 10.8 Å². The van der Waals surface area contributed by atoms with E-state index in [0.717, 1.165) is 28.7 Å². The summed E-state index contributed by atoms with van der Waals surface area (Å²) in [4.78, 5) is 24.8. The van der Waals surface area contributed by atoms with E-state index in [1.165, 1.54) is 0 Å². The highest BCUT2D eigenvalue weighted by molar-refractivity contribution is 7.13. The van der Waals surface area contributed by atoms with Crippen LogP contribution in [0.15, 0.2) is 34.6 Å². The average Bonchev–Trinajstić information content (AvgIpc) is 3.18. The van der Waals surface area contributed by atoms with Gasteiger partial charge in [0, 0.05) is 39.6 Å². The molecule has 0 saturated carbocycles. The van der Waals surface area contributed by atoms with E-state index in [-0.39, 0.29) is 12.5 Å². The van der Waals surface area contributed by atoms with E-state index in [9.17, 15) is 4.79 Å². The molecule has 1 amide bonds. The average molecular weight is 403 g/mol. The first kappa shape index (κ1) is 19.9. The van der Waals surface area contributed by atoms with E-state index in [1.807, 2.05) is 48.6 Å². The molecule has 0 unspecified atom stereocenters. The Morgan fingerprint density at radius 3 is 2.93 bits per heavy atom. The van der Waals surface area contributed by atoms with Crippen molar-refractivity contribution in [1.82, 2.24) is 15.6 Å². The maximum atomic E-state index is 12.2. The van der Waals surface area contributed by atoms with Gasteiger partial charge in [-0.3, -0.25) is 9.79 Å². The third kappa shape index (κ3) is 4.92. The van der Waals surface area contributed by atoms with Crippen LogP contribution in [-0.4, -0.2) is 57.7 Å². The van der Waals surface area contributed by atoms with Crippen LogP contribution < -0.4 is 25.2 Å². The fraction of sp³-hybridized carbons (Fsp3) is 0.421. The van der Waals surface area contributed by atoms with Crippen molar-refractivity contribution in [1.29, 1.82) is 0 Å². The molecule has 2 heterocycles. The number of amides is 1. The van der Waals surface area contributed by atoms with E-state index in [2.05, 4.69) is 20.6 Å². The molecule has 0 atom stereocenters. The second-order valence-electron chi connectivity index (χ2n) is 6.52. The third-order valence-electron chi connectivity index (χ3n) is 4.24. The number of fused-ring (bicyclic) bond motifs is 1. The van der Waals surface area contributed by atoms with Gasteiger partial charge in [0.15, 0.2) is 17.7 Å². The van der Waals surface area contributed by atoms with Crippen LogP contribution >= 0.6 is 11.3 Å². The summed E-state index contributed by atoms with van der Waals surface area (Å²) in [5.41, 5.74) is 1.81. The van der Waals surface area contributed by atoms with E-state index in [0.29, 0.717) is 25.6 Å². The number of carbonyl (C=O) groups excluding carboxylic acids is 1. The standard InChI is InChI=1S/C19H26N6O2S/c1-20-18(22-11-14-13-28-19(23-14)24(2)3)21-9-6-10-25-15-7-4-5-8-16(15)27-12-17(25)26/h4-5,7-8,13H,6,9-12H2,1-3H3,(H2,20,21,22). The number of hydrogen-bond donors (Lipinski definition) is 2. The summed E-state index contributed by atoms with van der Waals surface area (Å²) in [5, 5.41) is 9.57. The highest BCUT2D eigenvalue weighted by atomic mass is 32.1. The number of carbonyl (C=O) groups is 1. The second kappa shape index (κ2) is 9.41. The number of ether oxygens (including phenoxy) is 1. The maximum absolute atomic E-state index is 12.2. The molecule has 0 bridgehead atoms. The topological polar surface area (TPSA) is 82.1 Å². The molecule has 0 radical (unpaired) electrons. The van der Waals surface area contributed by atoms with Gasteiger partial charge in [-0.15, -0.1) is 11.3 Å². The number of nitrogens with zero attached hydrogens (tertiary/aromatic N) is 4. The van der Waals surface area contributed by atoms with E-state index in [4.69, 9.17) is 4.74 Å². The lowest BCUT2D eigenvalue weighted by atomic mass is 10.2. The number of hydrogen-bond acceptors (Lipinski definition) is 6. The Balaban J connectivity index is 1.44. The predicted molar refractivity (Wildman–Crippen MR) is 114 cm³/mol. The molecular weight excluding hydrogens is 376 g/mol. The van der Waals surface area contributed by atoms with Gasteiger partial charge in [0.1, 0.15) is 5.75 Å². The summed E-state index contributed by atoms with van der Waals surface area (Å²) >= 11 is 1.62. The summed E-state index contributed by atoms with van der Waals surface area (Å²) in [6, 6.07) is 7.63. The molecule has 1 aromatic heterocycles. The van der Waals surface area contributed by atoms with Crippen LogP contribution in [0.1, 0.15) is 12.1 Å². The second-order valence-corrected chi connectivity index (χ2v) is 7.36.